The van der Waals surface area contributed by atoms with Crippen LogP contribution in [0.5, 0.6) is 0 Å². The fraction of sp³-hybridized carbons (Fsp3) is 0.636. The number of hydrogen-bond donors (Lipinski definition) is 3. The number of carbonyl (C=O) groups excluding carboxylic acids is 4. The van der Waals surface area contributed by atoms with E-state index in [9.17, 15) is 0 Å². The summed E-state index contributed by atoms with van der Waals surface area (Å²) in [6.07, 6.45) is 0.745. The van der Waals surface area contributed by atoms with Crippen LogP contribution < -0.4 is 38.0 Å². The fourth-order valence-corrected chi connectivity index (χ4v) is 0. The Morgan fingerprint density at radius 2 is 0.792 bits per heavy atom. The molecule has 0 aliphatic carbocycles. The van der Waals surface area contributed by atoms with Gasteiger partial charge in [-0.3, -0.25) is 0 Å². The Hall–Kier alpha value is -1.76. The first kappa shape index (κ1) is 49.5. The second kappa shape index (κ2) is 42.9. The molecule has 0 aromatic heterocycles. The molecule has 0 aliphatic heterocycles. The first-order valence-electron chi connectivity index (χ1n) is 5.42. The van der Waals surface area contributed by atoms with E-state index in [2.05, 4.69) is 0 Å². The first-order valence-corrected chi connectivity index (χ1v) is 5.42. The number of aliphatic carboxylic acids is 4. The zero-order chi connectivity index (χ0) is 18.6. The van der Waals surface area contributed by atoms with Gasteiger partial charge in [0.2, 0.25) is 0 Å². The van der Waals surface area contributed by atoms with Crippen LogP contribution in [0.4, 0.5) is 0 Å². The van der Waals surface area contributed by atoms with Crippen molar-refractivity contribution in [1.29, 1.82) is 0 Å². The van der Waals surface area contributed by atoms with Gasteiger partial charge in [0.25, 0.3) is 0 Å². The van der Waals surface area contributed by atoms with Crippen molar-refractivity contribution in [3.05, 3.63) is 0 Å². The van der Waals surface area contributed by atoms with Crippen molar-refractivity contribution in [3.63, 3.8) is 0 Å². The van der Waals surface area contributed by atoms with Crippen molar-refractivity contribution >= 4 is 23.9 Å². The van der Waals surface area contributed by atoms with Crippen LogP contribution in [0.2, 0.25) is 0 Å². The zero-order valence-electron chi connectivity index (χ0n) is 14.6. The Morgan fingerprint density at radius 3 is 0.792 bits per heavy atom. The van der Waals surface area contributed by atoms with Crippen LogP contribution in [0, 0.1) is 0 Å². The molecule has 0 amide bonds. The van der Waals surface area contributed by atoms with Gasteiger partial charge < -0.3 is 62.7 Å². The predicted molar refractivity (Wildman–Crippen MR) is 74.8 cm³/mol. The Balaban J connectivity index is -0.0000000216. The minimum absolute atomic E-state index is 0. The summed E-state index contributed by atoms with van der Waals surface area (Å²) in [5.74, 6) is -4.33. The SMILES string of the molecule is CC(=O)[O-].CC(=O)[O-].CC(=O)[O-].CC(=O)[O-].CCC(N)N.O.[Fe+3].[NH4+]. The van der Waals surface area contributed by atoms with Crippen molar-refractivity contribution in [3.8, 4) is 0 Å². The van der Waals surface area contributed by atoms with E-state index in [0.29, 0.717) is 0 Å². The molecule has 12 nitrogen and oxygen atoms in total. The largest absolute Gasteiger partial charge is 3.00 e. The topological polar surface area (TPSA) is 281 Å². The molecular formula is C11H28FeN3O9. The number of carbonyl (C=O) groups is 4. The average molecular weight is 402 g/mol. The maximum absolute atomic E-state index is 8.89. The van der Waals surface area contributed by atoms with Crippen molar-refractivity contribution in [1.82, 2.24) is 6.15 Å². The third-order valence-electron chi connectivity index (χ3n) is 0.471. The van der Waals surface area contributed by atoms with Gasteiger partial charge in [-0.2, -0.15) is 0 Å². The van der Waals surface area contributed by atoms with Gasteiger partial charge in [-0.15, -0.1) is 0 Å². The molecule has 24 heavy (non-hydrogen) atoms. The minimum atomic E-state index is -1.08. The third kappa shape index (κ3) is 131000. The minimum Gasteiger partial charge on any atom is -0.550 e. The smallest absolute Gasteiger partial charge is 0.550 e. The Kier molecular flexibility index (Phi) is 88.5. The van der Waals surface area contributed by atoms with Crippen LogP contribution in [0.3, 0.4) is 0 Å². The predicted octanol–water partition coefficient (Wildman–Crippen LogP) is -5.79. The first-order chi connectivity index (χ1) is 9.20. The van der Waals surface area contributed by atoms with Crippen molar-refractivity contribution in [2.45, 2.75) is 47.2 Å². The fourth-order valence-electron chi connectivity index (χ4n) is 0. The van der Waals surface area contributed by atoms with Crippen LogP contribution in [0.15, 0.2) is 0 Å². The van der Waals surface area contributed by atoms with Gasteiger partial charge in [-0.1, -0.05) is 6.92 Å². The van der Waals surface area contributed by atoms with Crippen LogP contribution in [-0.2, 0) is 36.2 Å². The summed E-state index contributed by atoms with van der Waals surface area (Å²) in [6.45, 7) is 5.84. The quantitative estimate of drug-likeness (QED) is 0.276. The molecule has 13 heteroatoms. The number of nitrogens with two attached hydrogens (primary N) is 2. The Labute approximate surface area is 151 Å². The summed E-state index contributed by atoms with van der Waals surface area (Å²) in [7, 11) is 0. The van der Waals surface area contributed by atoms with Crippen molar-refractivity contribution < 1.29 is 62.1 Å². The molecule has 0 atom stereocenters. The second-order valence-electron chi connectivity index (χ2n) is 3.04. The van der Waals surface area contributed by atoms with Gasteiger partial charge in [0.1, 0.15) is 0 Å². The molecule has 0 aliphatic rings. The maximum atomic E-state index is 8.89. The van der Waals surface area contributed by atoms with E-state index in [1.165, 1.54) is 0 Å². The molecule has 0 aromatic carbocycles. The van der Waals surface area contributed by atoms with Crippen molar-refractivity contribution in [2.75, 3.05) is 0 Å². The number of carboxylic acids is 4. The summed E-state index contributed by atoms with van der Waals surface area (Å²) in [4.78, 5) is 35.6. The molecule has 0 spiro atoms. The van der Waals surface area contributed by atoms with Gasteiger partial charge in [0, 0.05) is 23.9 Å². The molecule has 0 unspecified atom stereocenters. The van der Waals surface area contributed by atoms with Crippen LogP contribution in [0.25, 0.3) is 0 Å². The number of quaternary nitrogens is 1. The average Bonchev–Trinajstić information content (AvgIpc) is 2.13. The molecule has 0 saturated carbocycles. The Bertz CT molecular complexity index is 226. The molecule has 0 aromatic rings. The molecule has 0 bridgehead atoms. The van der Waals surface area contributed by atoms with Gasteiger partial charge in [0.05, 0.1) is 6.17 Å². The van der Waals surface area contributed by atoms with Crippen LogP contribution in [0.1, 0.15) is 41.0 Å². The summed E-state index contributed by atoms with van der Waals surface area (Å²) in [5.41, 5.74) is 10.1. The van der Waals surface area contributed by atoms with Gasteiger partial charge in [0.15, 0.2) is 0 Å². The monoisotopic (exact) mass is 402 g/mol. The van der Waals surface area contributed by atoms with E-state index in [1.807, 2.05) is 6.92 Å². The summed E-state index contributed by atoms with van der Waals surface area (Å²) in [5, 5.41) is 35.6. The van der Waals surface area contributed by atoms with E-state index in [0.717, 1.165) is 34.1 Å². The third-order valence-corrected chi connectivity index (χ3v) is 0.471. The van der Waals surface area contributed by atoms with Gasteiger partial charge >= 0.3 is 17.1 Å². The standard InChI is InChI=1S/C3H10N2.4C2H4O2.Fe.H3N.H2O/c1-2-3(4)5;4*1-2(3)4;;;/h3H,2,4-5H2,1H3;4*1H3,(H,3,4);;1H3;1H2/q;;;;;+3;;/p-3. The molecule has 0 saturated heterocycles. The van der Waals surface area contributed by atoms with E-state index in [1.54, 1.807) is 0 Å². The van der Waals surface area contributed by atoms with E-state index in [4.69, 9.17) is 51.1 Å². The molecular weight excluding hydrogens is 374 g/mol. The molecule has 0 fully saturated rings. The second-order valence-corrected chi connectivity index (χ2v) is 3.04. The van der Waals surface area contributed by atoms with Crippen LogP contribution in [-0.4, -0.2) is 35.5 Å². The van der Waals surface area contributed by atoms with Crippen LogP contribution >= 0.6 is 0 Å². The normalized spacial score (nSPS) is 6.17. The Morgan fingerprint density at radius 1 is 0.750 bits per heavy atom. The maximum Gasteiger partial charge on any atom is 3.00 e. The molecule has 0 rings (SSSR count). The summed E-state index contributed by atoms with van der Waals surface area (Å²) >= 11 is 0. The van der Waals surface area contributed by atoms with Crippen molar-refractivity contribution in [2.24, 2.45) is 11.5 Å². The number of hydrogen-bond acceptors (Lipinski definition) is 10. The summed E-state index contributed by atoms with van der Waals surface area (Å²) < 4.78 is 0. The van der Waals surface area contributed by atoms with Gasteiger partial charge in [-0.05, 0) is 34.1 Å². The number of carboxylic acid groups (broad SMARTS) is 4. The number of rotatable bonds is 1. The van der Waals surface area contributed by atoms with E-state index in [-0.39, 0.29) is 34.9 Å². The molecule has 1 radical (unpaired) electrons. The van der Waals surface area contributed by atoms with E-state index < -0.39 is 23.9 Å². The molecule has 10 N–H and O–H groups in total. The summed E-state index contributed by atoms with van der Waals surface area (Å²) in [6, 6.07) is 0. The molecule has 0 heterocycles. The van der Waals surface area contributed by atoms with E-state index >= 15 is 0 Å². The van der Waals surface area contributed by atoms with Gasteiger partial charge in [-0.25, -0.2) is 0 Å². The molecule has 149 valence electrons. The zero-order valence-corrected chi connectivity index (χ0v) is 15.7.